The molecule has 2 atom stereocenters. The van der Waals surface area contributed by atoms with E-state index in [9.17, 15) is 0 Å². The Kier molecular flexibility index (Phi) is 2.65. The van der Waals surface area contributed by atoms with Crippen LogP contribution in [0, 0.1) is 12.3 Å². The summed E-state index contributed by atoms with van der Waals surface area (Å²) in [5.74, 6) is 3.75. The average molecular weight is 179 g/mol. The van der Waals surface area contributed by atoms with Gasteiger partial charge in [-0.2, -0.15) is 0 Å². The molecule has 0 amide bonds. The van der Waals surface area contributed by atoms with Crippen molar-refractivity contribution >= 4 is 39.7 Å². The van der Waals surface area contributed by atoms with Crippen molar-refractivity contribution in [2.45, 2.75) is 5.25 Å². The predicted molar refractivity (Wildman–Crippen MR) is 47.0 cm³/mol. The van der Waals surface area contributed by atoms with Gasteiger partial charge in [0.2, 0.25) is 0 Å². The smallest absolute Gasteiger partial charge is 0.119 e. The maximum absolute atomic E-state index is 5.18. The fourth-order valence-electron chi connectivity index (χ4n) is 0.372. The number of hydrogen-bond donors (Lipinski definition) is 0. The van der Waals surface area contributed by atoms with Crippen molar-refractivity contribution in [2.75, 3.05) is 5.75 Å². The van der Waals surface area contributed by atoms with Gasteiger partial charge < -0.3 is 0 Å². The minimum atomic E-state index is -0.236. The van der Waals surface area contributed by atoms with Gasteiger partial charge in [-0.25, -0.2) is 0 Å². The molecule has 0 aliphatic carbocycles. The zero-order chi connectivity index (χ0) is 5.98. The third kappa shape index (κ3) is 1.63. The lowest BCUT2D eigenvalue weighted by Crippen LogP contribution is -1.92. The number of terminal acetylenes is 1. The molecule has 4 heteroatoms. The van der Waals surface area contributed by atoms with E-state index in [1.807, 2.05) is 11.4 Å². The molecule has 8 heavy (non-hydrogen) atoms. The van der Waals surface area contributed by atoms with Crippen LogP contribution in [0.5, 0.6) is 0 Å². The first kappa shape index (κ1) is 6.89. The zero-order valence-electron chi connectivity index (χ0n) is 4.03. The highest BCUT2D eigenvalue weighted by Crippen LogP contribution is 2.59. The summed E-state index contributed by atoms with van der Waals surface area (Å²) in [5, 5.41) is 0.170. The van der Waals surface area contributed by atoms with Crippen molar-refractivity contribution in [1.82, 2.24) is 0 Å². The van der Waals surface area contributed by atoms with Crippen LogP contribution in [0.25, 0.3) is 0 Å². The standard InChI is InChI=1S/C4H4PS3/c1-2-4-3-7-5(6)8-4/h1,4H,3H2/q+1. The summed E-state index contributed by atoms with van der Waals surface area (Å²) in [6, 6.07) is 0. The van der Waals surface area contributed by atoms with Gasteiger partial charge in [0.05, 0.1) is 5.75 Å². The fourth-order valence-corrected chi connectivity index (χ4v) is 7.67. The third-order valence-electron chi connectivity index (χ3n) is 0.731. The first-order valence-electron chi connectivity index (χ1n) is 2.06. The molecule has 42 valence electrons. The van der Waals surface area contributed by atoms with Gasteiger partial charge in [0.25, 0.3) is 0 Å². The van der Waals surface area contributed by atoms with Crippen molar-refractivity contribution in [3.05, 3.63) is 0 Å². The summed E-state index contributed by atoms with van der Waals surface area (Å²) >= 11 is 8.64. The van der Waals surface area contributed by atoms with Gasteiger partial charge in [-0.3, -0.25) is 0 Å². The molecule has 0 bridgehead atoms. The van der Waals surface area contributed by atoms with E-state index in [1.165, 1.54) is 0 Å². The molecule has 0 aromatic heterocycles. The topological polar surface area (TPSA) is 0 Å². The minimum absolute atomic E-state index is 0.236. The van der Waals surface area contributed by atoms with E-state index in [0.717, 1.165) is 5.75 Å². The van der Waals surface area contributed by atoms with Crippen molar-refractivity contribution in [3.8, 4) is 12.3 Å². The molecular weight excluding hydrogens is 175 g/mol. The Hall–Kier alpha value is 0.780. The minimum Gasteiger partial charge on any atom is -0.119 e. The number of hydrogen-bond acceptors (Lipinski definition) is 3. The molecule has 1 aliphatic heterocycles. The Bertz CT molecular complexity index is 148. The largest absolute Gasteiger partial charge is 0.318 e. The lowest BCUT2D eigenvalue weighted by molar-refractivity contribution is 1.35. The quantitative estimate of drug-likeness (QED) is 0.413. The van der Waals surface area contributed by atoms with E-state index in [-0.39, 0.29) is 5.10 Å². The summed E-state index contributed by atoms with van der Waals surface area (Å²) in [6.07, 6.45) is 5.18. The van der Waals surface area contributed by atoms with Crippen molar-refractivity contribution in [1.29, 1.82) is 0 Å². The first-order chi connectivity index (χ1) is 3.83. The molecule has 2 unspecified atom stereocenters. The maximum Gasteiger partial charge on any atom is 0.318 e. The summed E-state index contributed by atoms with van der Waals surface area (Å²) in [7, 11) is 0. The fraction of sp³-hybridized carbons (Fsp3) is 0.500. The monoisotopic (exact) mass is 179 g/mol. The molecule has 0 N–H and O–H groups in total. The lowest BCUT2D eigenvalue weighted by Gasteiger charge is -1.81. The molecule has 0 spiro atoms. The van der Waals surface area contributed by atoms with Gasteiger partial charge in [0.1, 0.15) is 28.0 Å². The normalized spacial score (nSPS) is 32.4. The van der Waals surface area contributed by atoms with Gasteiger partial charge in [0.15, 0.2) is 11.8 Å². The molecule has 0 radical (unpaired) electrons. The van der Waals surface area contributed by atoms with Crippen LogP contribution in [-0.4, -0.2) is 11.0 Å². The molecule has 1 fully saturated rings. The zero-order valence-corrected chi connectivity index (χ0v) is 7.38. The van der Waals surface area contributed by atoms with Crippen LogP contribution in [-0.2, 0) is 11.8 Å². The molecular formula is C4H4PS3+. The lowest BCUT2D eigenvalue weighted by atomic mass is 10.5. The Balaban J connectivity index is 2.47. The van der Waals surface area contributed by atoms with E-state index in [0.29, 0.717) is 5.25 Å². The molecule has 0 saturated carbocycles. The first-order valence-corrected chi connectivity index (χ1v) is 7.49. The van der Waals surface area contributed by atoms with Crippen LogP contribution in [0.2, 0.25) is 0 Å². The van der Waals surface area contributed by atoms with Gasteiger partial charge in [-0.15, -0.1) is 6.42 Å². The van der Waals surface area contributed by atoms with E-state index in [4.69, 9.17) is 18.2 Å². The highest BCUT2D eigenvalue weighted by molar-refractivity contribution is 8.95. The SMILES string of the molecule is C#CC1CS[P+](=S)S1. The van der Waals surface area contributed by atoms with Crippen LogP contribution in [0.15, 0.2) is 0 Å². The third-order valence-corrected chi connectivity index (χ3v) is 8.17. The summed E-state index contributed by atoms with van der Waals surface area (Å²) in [6.45, 7) is 0. The van der Waals surface area contributed by atoms with E-state index in [2.05, 4.69) is 5.92 Å². The van der Waals surface area contributed by atoms with Crippen LogP contribution < -0.4 is 0 Å². The molecule has 1 aliphatic rings. The molecule has 0 nitrogen and oxygen atoms in total. The summed E-state index contributed by atoms with van der Waals surface area (Å²) < 4.78 is 0. The van der Waals surface area contributed by atoms with Crippen molar-refractivity contribution in [2.24, 2.45) is 0 Å². The average Bonchev–Trinajstić information content (AvgIpc) is 2.14. The van der Waals surface area contributed by atoms with Gasteiger partial charge >= 0.3 is 5.10 Å². The second-order valence-corrected chi connectivity index (χ2v) is 9.87. The molecule has 0 aromatic carbocycles. The Morgan fingerprint density at radius 3 is 2.88 bits per heavy atom. The van der Waals surface area contributed by atoms with Crippen LogP contribution in [0.4, 0.5) is 0 Å². The maximum atomic E-state index is 5.18. The van der Waals surface area contributed by atoms with Gasteiger partial charge in [-0.05, 0) is 0 Å². The van der Waals surface area contributed by atoms with E-state index < -0.39 is 0 Å². The van der Waals surface area contributed by atoms with Gasteiger partial charge in [-0.1, -0.05) is 5.92 Å². The second kappa shape index (κ2) is 3.08. The Morgan fingerprint density at radius 2 is 2.62 bits per heavy atom. The molecule has 1 saturated heterocycles. The van der Waals surface area contributed by atoms with Crippen molar-refractivity contribution in [3.63, 3.8) is 0 Å². The van der Waals surface area contributed by atoms with Crippen LogP contribution in [0.3, 0.4) is 0 Å². The Labute approximate surface area is 63.1 Å². The number of rotatable bonds is 0. The molecule has 1 rings (SSSR count). The summed E-state index contributed by atoms with van der Waals surface area (Å²) in [4.78, 5) is 0. The van der Waals surface area contributed by atoms with Gasteiger partial charge in [0, 0.05) is 0 Å². The highest BCUT2D eigenvalue weighted by atomic mass is 33.2. The van der Waals surface area contributed by atoms with Crippen molar-refractivity contribution < 1.29 is 0 Å². The summed E-state index contributed by atoms with van der Waals surface area (Å²) in [5.41, 5.74) is 0. The molecule has 0 aromatic rings. The van der Waals surface area contributed by atoms with Crippen LogP contribution >= 0.6 is 27.9 Å². The van der Waals surface area contributed by atoms with Crippen LogP contribution in [0.1, 0.15) is 0 Å². The molecule has 1 heterocycles. The second-order valence-electron chi connectivity index (χ2n) is 1.28. The predicted octanol–water partition coefficient (Wildman–Crippen LogP) is 2.24. The Morgan fingerprint density at radius 1 is 1.88 bits per heavy atom. The van der Waals surface area contributed by atoms with E-state index >= 15 is 0 Å². The highest BCUT2D eigenvalue weighted by Gasteiger charge is 2.31. The van der Waals surface area contributed by atoms with E-state index in [1.54, 1.807) is 11.4 Å².